The highest BCUT2D eigenvalue weighted by Gasteiger charge is 2.52. The number of rotatable bonds is 4. The van der Waals surface area contributed by atoms with Crippen LogP contribution in [0.3, 0.4) is 0 Å². The molecule has 3 nitrogen and oxygen atoms in total. The number of thiophene rings is 1. The normalized spacial score (nSPS) is 21.6. The number of benzene rings is 1. The Hall–Kier alpha value is -1.93. The van der Waals surface area contributed by atoms with E-state index in [1.54, 1.807) is 18.2 Å². The third-order valence-corrected chi connectivity index (χ3v) is 5.42. The number of hydrogen-bond donors (Lipinski definition) is 1. The van der Waals surface area contributed by atoms with Crippen LogP contribution in [0.1, 0.15) is 4.88 Å². The van der Waals surface area contributed by atoms with Crippen molar-refractivity contribution in [2.45, 2.75) is 12.7 Å². The minimum absolute atomic E-state index is 0.122. The van der Waals surface area contributed by atoms with Gasteiger partial charge in [0, 0.05) is 29.4 Å². The predicted molar refractivity (Wildman–Crippen MR) is 85.7 cm³/mol. The molecule has 0 spiro atoms. The zero-order chi connectivity index (χ0) is 18.2. The predicted octanol–water partition coefficient (Wildman–Crippen LogP) is 4.25. The van der Waals surface area contributed by atoms with Gasteiger partial charge in [0.25, 0.3) is 0 Å². The van der Waals surface area contributed by atoms with E-state index in [-0.39, 0.29) is 25.5 Å². The van der Waals surface area contributed by atoms with E-state index in [2.05, 4.69) is 0 Å². The van der Waals surface area contributed by atoms with E-state index in [0.717, 1.165) is 15.3 Å². The Balaban J connectivity index is 1.71. The summed E-state index contributed by atoms with van der Waals surface area (Å²) in [6.07, 6.45) is -4.52. The van der Waals surface area contributed by atoms with E-state index in [0.29, 0.717) is 0 Å². The first-order chi connectivity index (χ1) is 11.7. The Morgan fingerprint density at radius 1 is 1.16 bits per heavy atom. The molecule has 2 aromatic rings. The third-order valence-electron chi connectivity index (χ3n) is 4.30. The van der Waals surface area contributed by atoms with Crippen molar-refractivity contribution in [3.8, 4) is 10.4 Å². The van der Waals surface area contributed by atoms with E-state index in [1.807, 2.05) is 6.07 Å². The molecule has 1 aliphatic rings. The molecule has 1 aromatic carbocycles. The van der Waals surface area contributed by atoms with Gasteiger partial charge < -0.3 is 5.11 Å². The van der Waals surface area contributed by atoms with Crippen molar-refractivity contribution in [2.24, 2.45) is 11.8 Å². The summed E-state index contributed by atoms with van der Waals surface area (Å²) in [5.41, 5.74) is 0.829. The molecule has 0 unspecified atom stereocenters. The molecule has 134 valence electrons. The number of nitrogens with zero attached hydrogens (tertiary/aromatic N) is 1. The highest BCUT2D eigenvalue weighted by molar-refractivity contribution is 7.15. The minimum Gasteiger partial charge on any atom is -0.481 e. The van der Waals surface area contributed by atoms with Gasteiger partial charge in [0.15, 0.2) is 0 Å². The van der Waals surface area contributed by atoms with Crippen LogP contribution in [0.2, 0.25) is 0 Å². The fourth-order valence-electron chi connectivity index (χ4n) is 3.05. The fourth-order valence-corrected chi connectivity index (χ4v) is 4.10. The van der Waals surface area contributed by atoms with Crippen molar-refractivity contribution < 1.29 is 27.5 Å². The summed E-state index contributed by atoms with van der Waals surface area (Å²) in [6, 6.07) is 9.61. The lowest BCUT2D eigenvalue weighted by Crippen LogP contribution is -2.33. The van der Waals surface area contributed by atoms with Gasteiger partial charge in [0.2, 0.25) is 0 Å². The van der Waals surface area contributed by atoms with Crippen LogP contribution < -0.4 is 0 Å². The standard InChI is InChI=1S/C17H15F4NO2S/c18-11-3-1-10(2-4-11)15-6-5-12(25-15)7-22-8-13(16(23)24)14(9-22)17(19,20)21/h1-6,13-14H,7-9H2,(H,23,24)/t13-,14-/m1/s1. The lowest BCUT2D eigenvalue weighted by molar-refractivity contribution is -0.188. The number of carboxylic acids is 1. The van der Waals surface area contributed by atoms with E-state index in [1.165, 1.54) is 28.4 Å². The van der Waals surface area contributed by atoms with Crippen molar-refractivity contribution in [3.05, 3.63) is 47.1 Å². The largest absolute Gasteiger partial charge is 0.481 e. The Bertz CT molecular complexity index is 757. The number of likely N-dealkylation sites (tertiary alicyclic amines) is 1. The van der Waals surface area contributed by atoms with E-state index >= 15 is 0 Å². The van der Waals surface area contributed by atoms with Crippen molar-refractivity contribution in [1.82, 2.24) is 4.90 Å². The first kappa shape index (κ1) is 17.9. The number of halogens is 4. The quantitative estimate of drug-likeness (QED) is 0.815. The number of alkyl halides is 3. The van der Waals surface area contributed by atoms with Gasteiger partial charge in [-0.3, -0.25) is 9.69 Å². The SMILES string of the molecule is O=C(O)[C@@H]1CN(Cc2ccc(-c3ccc(F)cc3)s2)C[C@H]1C(F)(F)F. The average molecular weight is 373 g/mol. The zero-order valence-electron chi connectivity index (χ0n) is 13.0. The molecule has 0 aliphatic carbocycles. The molecule has 1 saturated heterocycles. The summed E-state index contributed by atoms with van der Waals surface area (Å²) < 4.78 is 52.0. The Labute approximate surface area is 145 Å². The summed E-state index contributed by atoms with van der Waals surface area (Å²) in [5.74, 6) is -5.03. The van der Waals surface area contributed by atoms with Crippen LogP contribution in [0, 0.1) is 17.7 Å². The lowest BCUT2D eigenvalue weighted by atomic mass is 9.96. The van der Waals surface area contributed by atoms with Gasteiger partial charge in [-0.15, -0.1) is 11.3 Å². The molecule has 2 heterocycles. The van der Waals surface area contributed by atoms with Crippen molar-refractivity contribution in [1.29, 1.82) is 0 Å². The third kappa shape index (κ3) is 4.01. The molecular weight excluding hydrogens is 358 g/mol. The highest BCUT2D eigenvalue weighted by atomic mass is 32.1. The Kier molecular flexibility index (Phi) is 4.83. The van der Waals surface area contributed by atoms with Gasteiger partial charge in [-0.05, 0) is 29.8 Å². The minimum atomic E-state index is -4.52. The van der Waals surface area contributed by atoms with Crippen LogP contribution in [0.15, 0.2) is 36.4 Å². The molecule has 0 bridgehead atoms. The molecule has 3 rings (SSSR count). The van der Waals surface area contributed by atoms with Crippen LogP contribution in [0.25, 0.3) is 10.4 Å². The molecule has 1 aliphatic heterocycles. The Morgan fingerprint density at radius 3 is 2.40 bits per heavy atom. The second kappa shape index (κ2) is 6.76. The van der Waals surface area contributed by atoms with Crippen LogP contribution in [-0.2, 0) is 11.3 Å². The maximum Gasteiger partial charge on any atom is 0.393 e. The van der Waals surface area contributed by atoms with Crippen molar-refractivity contribution in [3.63, 3.8) is 0 Å². The molecule has 25 heavy (non-hydrogen) atoms. The molecule has 0 radical (unpaired) electrons. The molecule has 8 heteroatoms. The monoisotopic (exact) mass is 373 g/mol. The van der Waals surface area contributed by atoms with Crippen molar-refractivity contribution in [2.75, 3.05) is 13.1 Å². The Morgan fingerprint density at radius 2 is 1.84 bits per heavy atom. The van der Waals surface area contributed by atoms with Gasteiger partial charge >= 0.3 is 12.1 Å². The lowest BCUT2D eigenvalue weighted by Gasteiger charge is -2.18. The van der Waals surface area contributed by atoms with Gasteiger partial charge in [-0.25, -0.2) is 4.39 Å². The molecule has 1 aromatic heterocycles. The van der Waals surface area contributed by atoms with Crippen LogP contribution in [-0.4, -0.2) is 35.2 Å². The topological polar surface area (TPSA) is 40.5 Å². The molecule has 1 N–H and O–H groups in total. The number of aliphatic carboxylic acids is 1. The number of hydrogen-bond acceptors (Lipinski definition) is 3. The molecule has 0 saturated carbocycles. The second-order valence-electron chi connectivity index (χ2n) is 6.06. The summed E-state index contributed by atoms with van der Waals surface area (Å²) in [7, 11) is 0. The van der Waals surface area contributed by atoms with E-state index < -0.39 is 24.0 Å². The molecule has 2 atom stereocenters. The van der Waals surface area contributed by atoms with E-state index in [9.17, 15) is 22.4 Å². The summed E-state index contributed by atoms with van der Waals surface area (Å²) in [5, 5.41) is 9.05. The van der Waals surface area contributed by atoms with Gasteiger partial charge in [-0.1, -0.05) is 12.1 Å². The first-order valence-electron chi connectivity index (χ1n) is 7.60. The fraction of sp³-hybridized carbons (Fsp3) is 0.353. The number of carbonyl (C=O) groups is 1. The molecular formula is C17H15F4NO2S. The van der Waals surface area contributed by atoms with Crippen LogP contribution in [0.5, 0.6) is 0 Å². The average Bonchev–Trinajstić information content (AvgIpc) is 3.15. The molecule has 1 fully saturated rings. The van der Waals surface area contributed by atoms with Crippen molar-refractivity contribution >= 4 is 17.3 Å². The van der Waals surface area contributed by atoms with E-state index in [4.69, 9.17) is 5.11 Å². The smallest absolute Gasteiger partial charge is 0.393 e. The maximum absolute atomic E-state index is 13.0. The number of carboxylic acid groups (broad SMARTS) is 1. The first-order valence-corrected chi connectivity index (χ1v) is 8.42. The highest BCUT2D eigenvalue weighted by Crippen LogP contribution is 2.39. The summed E-state index contributed by atoms with van der Waals surface area (Å²) in [6.45, 7) is -0.171. The summed E-state index contributed by atoms with van der Waals surface area (Å²) >= 11 is 1.40. The second-order valence-corrected chi connectivity index (χ2v) is 7.23. The van der Waals surface area contributed by atoms with Crippen LogP contribution >= 0.6 is 11.3 Å². The van der Waals surface area contributed by atoms with Gasteiger partial charge in [0.05, 0.1) is 11.8 Å². The zero-order valence-corrected chi connectivity index (χ0v) is 13.8. The maximum atomic E-state index is 13.0. The summed E-state index contributed by atoms with van der Waals surface area (Å²) in [4.78, 5) is 14.4. The van der Waals surface area contributed by atoms with Crippen LogP contribution in [0.4, 0.5) is 17.6 Å². The van der Waals surface area contributed by atoms with Gasteiger partial charge in [0.1, 0.15) is 5.82 Å². The molecule has 0 amide bonds. The van der Waals surface area contributed by atoms with Gasteiger partial charge in [-0.2, -0.15) is 13.2 Å².